The molecular formula is C10H16O2. The average molecular weight is 168 g/mol. The third-order valence-corrected chi connectivity index (χ3v) is 2.81. The maximum Gasteiger partial charge on any atom is 0.309 e. The van der Waals surface area contributed by atoms with E-state index >= 15 is 0 Å². The summed E-state index contributed by atoms with van der Waals surface area (Å²) in [7, 11) is 0. The van der Waals surface area contributed by atoms with Crippen LogP contribution in [-0.4, -0.2) is 12.6 Å². The second-order valence-electron chi connectivity index (χ2n) is 3.55. The van der Waals surface area contributed by atoms with Crippen LogP contribution in [0.3, 0.4) is 0 Å². The normalized spacial score (nSPS) is 33.7. The highest BCUT2D eigenvalue weighted by Gasteiger charge is 2.45. The summed E-state index contributed by atoms with van der Waals surface area (Å²) in [5.74, 6) is -0.0129. The second-order valence-corrected chi connectivity index (χ2v) is 3.55. The summed E-state index contributed by atoms with van der Waals surface area (Å²) in [4.78, 5) is 11.3. The molecule has 0 aromatic heterocycles. The lowest BCUT2D eigenvalue weighted by molar-refractivity contribution is -0.157. The van der Waals surface area contributed by atoms with Crippen LogP contribution < -0.4 is 0 Å². The minimum Gasteiger partial charge on any atom is -0.466 e. The van der Waals surface area contributed by atoms with E-state index in [4.69, 9.17) is 4.74 Å². The largest absolute Gasteiger partial charge is 0.466 e. The van der Waals surface area contributed by atoms with Gasteiger partial charge in [0.2, 0.25) is 0 Å². The third kappa shape index (κ3) is 1.38. The van der Waals surface area contributed by atoms with Crippen LogP contribution in [0, 0.1) is 11.3 Å². The predicted molar refractivity (Wildman–Crippen MR) is 47.7 cm³/mol. The topological polar surface area (TPSA) is 26.3 Å². The molecule has 1 fully saturated rings. The molecule has 2 atom stereocenters. The Bertz CT molecular complexity index is 198. The van der Waals surface area contributed by atoms with E-state index in [-0.39, 0.29) is 17.3 Å². The van der Waals surface area contributed by atoms with Gasteiger partial charge in [0.05, 0.1) is 12.5 Å². The van der Waals surface area contributed by atoms with Crippen molar-refractivity contribution in [1.29, 1.82) is 0 Å². The standard InChI is InChI=1S/C10H16O2/c1-4-10(3)7-6-8(10)9(11)12-5-2/h4,8H,1,5-7H2,2-3H3. The minimum absolute atomic E-state index is 0.00769. The number of hydrogen-bond acceptors (Lipinski definition) is 2. The SMILES string of the molecule is C=CC1(C)CCC1C(=O)OCC. The molecule has 0 aromatic rings. The predicted octanol–water partition coefficient (Wildman–Crippen LogP) is 2.15. The van der Waals surface area contributed by atoms with Crippen molar-refractivity contribution < 1.29 is 9.53 Å². The van der Waals surface area contributed by atoms with Crippen molar-refractivity contribution in [3.63, 3.8) is 0 Å². The highest BCUT2D eigenvalue weighted by atomic mass is 16.5. The summed E-state index contributed by atoms with van der Waals surface area (Å²) in [5.41, 5.74) is -0.00769. The van der Waals surface area contributed by atoms with Gasteiger partial charge in [-0.2, -0.15) is 0 Å². The zero-order valence-corrected chi connectivity index (χ0v) is 7.80. The van der Waals surface area contributed by atoms with Crippen molar-refractivity contribution in [2.45, 2.75) is 26.7 Å². The molecule has 12 heavy (non-hydrogen) atoms. The lowest BCUT2D eigenvalue weighted by Crippen LogP contribution is -2.41. The van der Waals surface area contributed by atoms with Gasteiger partial charge in [0, 0.05) is 0 Å². The molecule has 0 aromatic carbocycles. The van der Waals surface area contributed by atoms with Crippen molar-refractivity contribution in [2.75, 3.05) is 6.61 Å². The lowest BCUT2D eigenvalue weighted by Gasteiger charge is -2.42. The van der Waals surface area contributed by atoms with Gasteiger partial charge in [-0.05, 0) is 25.2 Å². The Hall–Kier alpha value is -0.790. The molecule has 1 saturated carbocycles. The zero-order valence-electron chi connectivity index (χ0n) is 7.80. The van der Waals surface area contributed by atoms with E-state index in [1.54, 1.807) is 0 Å². The number of carbonyl (C=O) groups is 1. The van der Waals surface area contributed by atoms with Crippen molar-refractivity contribution in [2.24, 2.45) is 11.3 Å². The fourth-order valence-electron chi connectivity index (χ4n) is 1.62. The van der Waals surface area contributed by atoms with Gasteiger partial charge < -0.3 is 4.74 Å². The van der Waals surface area contributed by atoms with Gasteiger partial charge in [-0.15, -0.1) is 6.58 Å². The molecule has 0 bridgehead atoms. The minimum atomic E-state index is -0.0637. The number of esters is 1. The Labute approximate surface area is 73.6 Å². The number of hydrogen-bond donors (Lipinski definition) is 0. The van der Waals surface area contributed by atoms with Crippen LogP contribution in [0.4, 0.5) is 0 Å². The van der Waals surface area contributed by atoms with Crippen molar-refractivity contribution in [3.8, 4) is 0 Å². The number of rotatable bonds is 3. The summed E-state index contributed by atoms with van der Waals surface area (Å²) < 4.78 is 4.96. The summed E-state index contributed by atoms with van der Waals surface area (Å²) in [6, 6.07) is 0. The monoisotopic (exact) mass is 168 g/mol. The Morgan fingerprint density at radius 2 is 2.50 bits per heavy atom. The Morgan fingerprint density at radius 1 is 1.83 bits per heavy atom. The fraction of sp³-hybridized carbons (Fsp3) is 0.700. The van der Waals surface area contributed by atoms with Gasteiger partial charge in [0.1, 0.15) is 0 Å². The van der Waals surface area contributed by atoms with Crippen LogP contribution in [0.5, 0.6) is 0 Å². The highest BCUT2D eigenvalue weighted by Crippen LogP contribution is 2.47. The summed E-state index contributed by atoms with van der Waals surface area (Å²) in [5, 5.41) is 0. The number of allylic oxidation sites excluding steroid dienone is 1. The molecule has 0 amide bonds. The van der Waals surface area contributed by atoms with Crippen molar-refractivity contribution in [3.05, 3.63) is 12.7 Å². The van der Waals surface area contributed by atoms with Gasteiger partial charge in [0.25, 0.3) is 0 Å². The molecule has 0 N–H and O–H groups in total. The van der Waals surface area contributed by atoms with E-state index in [0.717, 1.165) is 12.8 Å². The van der Waals surface area contributed by atoms with Gasteiger partial charge in [-0.3, -0.25) is 4.79 Å². The summed E-state index contributed by atoms with van der Waals surface area (Å²) in [6.45, 7) is 8.11. The quantitative estimate of drug-likeness (QED) is 0.477. The Morgan fingerprint density at radius 3 is 2.83 bits per heavy atom. The van der Waals surface area contributed by atoms with Crippen LogP contribution in [0.15, 0.2) is 12.7 Å². The van der Waals surface area contributed by atoms with E-state index in [1.165, 1.54) is 0 Å². The molecule has 2 heteroatoms. The number of ether oxygens (including phenoxy) is 1. The van der Waals surface area contributed by atoms with Gasteiger partial charge in [-0.1, -0.05) is 13.0 Å². The number of carbonyl (C=O) groups excluding carboxylic acids is 1. The molecular weight excluding hydrogens is 152 g/mol. The van der Waals surface area contributed by atoms with Crippen LogP contribution in [0.1, 0.15) is 26.7 Å². The zero-order chi connectivity index (χ0) is 9.19. The molecule has 1 aliphatic carbocycles. The average Bonchev–Trinajstić information content (AvgIpc) is 2.01. The molecule has 68 valence electrons. The first-order valence-corrected chi connectivity index (χ1v) is 4.44. The van der Waals surface area contributed by atoms with Gasteiger partial charge >= 0.3 is 5.97 Å². The molecule has 1 aliphatic rings. The highest BCUT2D eigenvalue weighted by molar-refractivity contribution is 5.75. The first-order valence-electron chi connectivity index (χ1n) is 4.44. The first-order chi connectivity index (χ1) is 5.64. The van der Waals surface area contributed by atoms with Crippen LogP contribution >= 0.6 is 0 Å². The summed E-state index contributed by atoms with van der Waals surface area (Å²) >= 11 is 0. The maximum absolute atomic E-state index is 11.3. The van der Waals surface area contributed by atoms with E-state index in [2.05, 4.69) is 13.5 Å². The van der Waals surface area contributed by atoms with E-state index < -0.39 is 0 Å². The maximum atomic E-state index is 11.3. The van der Waals surface area contributed by atoms with Crippen LogP contribution in [0.2, 0.25) is 0 Å². The molecule has 0 saturated heterocycles. The summed E-state index contributed by atoms with van der Waals surface area (Å²) in [6.07, 6.45) is 3.87. The smallest absolute Gasteiger partial charge is 0.309 e. The Balaban J connectivity index is 2.54. The van der Waals surface area contributed by atoms with Gasteiger partial charge in [-0.25, -0.2) is 0 Å². The third-order valence-electron chi connectivity index (χ3n) is 2.81. The van der Waals surface area contributed by atoms with Crippen LogP contribution in [0.25, 0.3) is 0 Å². The first kappa shape index (κ1) is 9.30. The van der Waals surface area contributed by atoms with E-state index in [0.29, 0.717) is 6.61 Å². The molecule has 2 nitrogen and oxygen atoms in total. The van der Waals surface area contributed by atoms with Gasteiger partial charge in [0.15, 0.2) is 0 Å². The molecule has 0 heterocycles. The molecule has 0 spiro atoms. The molecule has 2 unspecified atom stereocenters. The van der Waals surface area contributed by atoms with Crippen molar-refractivity contribution in [1.82, 2.24) is 0 Å². The van der Waals surface area contributed by atoms with Crippen LogP contribution in [-0.2, 0) is 9.53 Å². The molecule has 1 rings (SSSR count). The molecule has 0 radical (unpaired) electrons. The van der Waals surface area contributed by atoms with E-state index in [1.807, 2.05) is 13.0 Å². The van der Waals surface area contributed by atoms with Crippen molar-refractivity contribution >= 4 is 5.97 Å². The molecule has 0 aliphatic heterocycles. The lowest BCUT2D eigenvalue weighted by atomic mass is 9.61. The second kappa shape index (κ2) is 3.30. The Kier molecular flexibility index (Phi) is 2.55. The fourth-order valence-corrected chi connectivity index (χ4v) is 1.62. The van der Waals surface area contributed by atoms with E-state index in [9.17, 15) is 4.79 Å².